The van der Waals surface area contributed by atoms with Crippen molar-refractivity contribution in [1.29, 1.82) is 0 Å². The van der Waals surface area contributed by atoms with Crippen LogP contribution in [-0.2, 0) is 4.74 Å². The van der Waals surface area contributed by atoms with Crippen LogP contribution >= 0.6 is 11.3 Å². The summed E-state index contributed by atoms with van der Waals surface area (Å²) in [5, 5.41) is 3.29. The Morgan fingerprint density at radius 1 is 1.27 bits per heavy atom. The van der Waals surface area contributed by atoms with Crippen LogP contribution in [0.3, 0.4) is 0 Å². The summed E-state index contributed by atoms with van der Waals surface area (Å²) in [4.78, 5) is 24.1. The van der Waals surface area contributed by atoms with E-state index in [1.54, 1.807) is 26.0 Å². The molecular weight excluding hydrogens is 305 g/mol. The first-order chi connectivity index (χ1) is 10.3. The number of thiophene rings is 1. The predicted molar refractivity (Wildman–Crippen MR) is 84.8 cm³/mol. The number of carbonyl (C=O) groups is 2. The van der Waals surface area contributed by atoms with E-state index in [0.29, 0.717) is 15.4 Å². The molecule has 0 aliphatic heterocycles. The normalized spacial score (nSPS) is 10.4. The predicted octanol–water partition coefficient (Wildman–Crippen LogP) is 4.24. The molecular formula is C16H16FNO3S. The van der Waals surface area contributed by atoms with Crippen LogP contribution in [0.5, 0.6) is 0 Å². The van der Waals surface area contributed by atoms with Gasteiger partial charge in [-0.05, 0) is 44.0 Å². The van der Waals surface area contributed by atoms with Gasteiger partial charge in [-0.25, -0.2) is 9.18 Å². The maximum atomic E-state index is 14.0. The highest BCUT2D eigenvalue weighted by atomic mass is 32.1. The number of rotatable bonds is 4. The van der Waals surface area contributed by atoms with Gasteiger partial charge < -0.3 is 10.1 Å². The molecule has 2 aromatic rings. The van der Waals surface area contributed by atoms with Gasteiger partial charge in [0.2, 0.25) is 0 Å². The van der Waals surface area contributed by atoms with Crippen molar-refractivity contribution < 1.29 is 18.7 Å². The Bertz CT molecular complexity index is 752. The number of carbonyl (C=O) groups excluding carboxylic acids is 2. The number of ether oxygens (including phenoxy) is 1. The molecule has 0 saturated heterocycles. The Hall–Kier alpha value is -2.21. The zero-order valence-electron chi connectivity index (χ0n) is 12.7. The summed E-state index contributed by atoms with van der Waals surface area (Å²) in [7, 11) is 1.27. The quantitative estimate of drug-likeness (QED) is 0.676. The summed E-state index contributed by atoms with van der Waals surface area (Å²) in [5.41, 5.74) is 1.84. The van der Waals surface area contributed by atoms with Gasteiger partial charge in [-0.15, -0.1) is 11.3 Å². The van der Waals surface area contributed by atoms with Gasteiger partial charge in [0.15, 0.2) is 5.78 Å². The van der Waals surface area contributed by atoms with Crippen LogP contribution in [0.1, 0.15) is 38.1 Å². The number of Topliss-reactive ketones (excluding diaryl/α,β-unsaturated/α-hetero) is 1. The fourth-order valence-corrected chi connectivity index (χ4v) is 3.23. The Morgan fingerprint density at radius 2 is 1.95 bits per heavy atom. The summed E-state index contributed by atoms with van der Waals surface area (Å²) in [6.45, 7) is 4.89. The summed E-state index contributed by atoms with van der Waals surface area (Å²) < 4.78 is 18.7. The molecule has 0 bridgehead atoms. The Labute approximate surface area is 131 Å². The van der Waals surface area contributed by atoms with Gasteiger partial charge in [0, 0.05) is 0 Å². The summed E-state index contributed by atoms with van der Waals surface area (Å²) >= 11 is 1.12. The molecule has 0 radical (unpaired) electrons. The monoisotopic (exact) mass is 321 g/mol. The summed E-state index contributed by atoms with van der Waals surface area (Å²) in [6, 6.07) is 4.75. The smallest absolute Gasteiger partial charge is 0.341 e. The number of nitrogens with one attached hydrogen (secondary N) is 1. The van der Waals surface area contributed by atoms with Crippen molar-refractivity contribution in [2.45, 2.75) is 20.8 Å². The lowest BCUT2D eigenvalue weighted by Crippen LogP contribution is -2.06. The van der Waals surface area contributed by atoms with E-state index in [4.69, 9.17) is 4.74 Å². The number of hydrogen-bond donors (Lipinski definition) is 1. The zero-order valence-corrected chi connectivity index (χ0v) is 13.6. The van der Waals surface area contributed by atoms with Crippen LogP contribution in [0.15, 0.2) is 18.2 Å². The molecule has 116 valence electrons. The molecule has 0 atom stereocenters. The molecule has 0 spiro atoms. The first-order valence-electron chi connectivity index (χ1n) is 6.61. The van der Waals surface area contributed by atoms with Gasteiger partial charge in [-0.2, -0.15) is 0 Å². The number of methoxy groups -OCH3 is 1. The molecule has 0 saturated carbocycles. The van der Waals surface area contributed by atoms with Crippen molar-refractivity contribution in [1.82, 2.24) is 0 Å². The van der Waals surface area contributed by atoms with E-state index in [0.717, 1.165) is 16.9 Å². The van der Waals surface area contributed by atoms with Crippen molar-refractivity contribution in [3.8, 4) is 0 Å². The van der Waals surface area contributed by atoms with Crippen LogP contribution in [0, 0.1) is 19.7 Å². The average molecular weight is 321 g/mol. The number of esters is 1. The number of aryl methyl sites for hydroxylation is 1. The lowest BCUT2D eigenvalue weighted by atomic mass is 10.1. The number of anilines is 2. The average Bonchev–Trinajstić information content (AvgIpc) is 2.78. The highest BCUT2D eigenvalue weighted by Crippen LogP contribution is 2.36. The molecule has 0 aliphatic rings. The third-order valence-corrected chi connectivity index (χ3v) is 4.54. The van der Waals surface area contributed by atoms with Crippen LogP contribution in [0.25, 0.3) is 0 Å². The molecule has 6 heteroatoms. The Balaban J connectivity index is 2.52. The van der Waals surface area contributed by atoms with Gasteiger partial charge in [-0.1, -0.05) is 6.07 Å². The first-order valence-corrected chi connectivity index (χ1v) is 7.42. The number of benzene rings is 1. The van der Waals surface area contributed by atoms with Crippen molar-refractivity contribution in [3.05, 3.63) is 45.6 Å². The van der Waals surface area contributed by atoms with Gasteiger partial charge in [0.05, 0.1) is 23.2 Å². The van der Waals surface area contributed by atoms with E-state index in [-0.39, 0.29) is 17.0 Å². The standard InChI is InChI=1S/C16H16FNO3S/c1-8-5-6-12(11(17)7-8)18-15-13(16(20)21-4)9(2)14(22-15)10(3)19/h5-7,18H,1-4H3. The molecule has 0 fully saturated rings. The highest BCUT2D eigenvalue weighted by Gasteiger charge is 2.24. The van der Waals surface area contributed by atoms with Gasteiger partial charge in [0.1, 0.15) is 10.8 Å². The van der Waals surface area contributed by atoms with E-state index in [1.807, 2.05) is 0 Å². The maximum Gasteiger partial charge on any atom is 0.341 e. The second-order valence-electron chi connectivity index (χ2n) is 4.92. The number of hydrogen-bond acceptors (Lipinski definition) is 5. The summed E-state index contributed by atoms with van der Waals surface area (Å²) in [5.74, 6) is -1.13. The minimum absolute atomic E-state index is 0.148. The maximum absolute atomic E-state index is 14.0. The number of halogens is 1. The third-order valence-electron chi connectivity index (χ3n) is 3.23. The van der Waals surface area contributed by atoms with Crippen LogP contribution in [0.2, 0.25) is 0 Å². The van der Waals surface area contributed by atoms with Gasteiger partial charge in [-0.3, -0.25) is 4.79 Å². The van der Waals surface area contributed by atoms with E-state index in [1.165, 1.54) is 20.1 Å². The minimum Gasteiger partial charge on any atom is -0.465 e. The van der Waals surface area contributed by atoms with Crippen LogP contribution in [-0.4, -0.2) is 18.9 Å². The molecule has 1 heterocycles. The Morgan fingerprint density at radius 3 is 2.50 bits per heavy atom. The van der Waals surface area contributed by atoms with Gasteiger partial charge in [0.25, 0.3) is 0 Å². The Kier molecular flexibility index (Phi) is 4.61. The molecule has 0 aliphatic carbocycles. The molecule has 1 aromatic carbocycles. The molecule has 4 nitrogen and oxygen atoms in total. The zero-order chi connectivity index (χ0) is 16.4. The fraction of sp³-hybridized carbons (Fsp3) is 0.250. The molecule has 0 amide bonds. The third kappa shape index (κ3) is 3.01. The second kappa shape index (κ2) is 6.27. The van der Waals surface area contributed by atoms with Crippen molar-refractivity contribution in [2.24, 2.45) is 0 Å². The number of ketones is 1. The van der Waals surface area contributed by atoms with Crippen molar-refractivity contribution in [2.75, 3.05) is 12.4 Å². The molecule has 1 aromatic heterocycles. The molecule has 2 rings (SSSR count). The molecule has 22 heavy (non-hydrogen) atoms. The second-order valence-corrected chi connectivity index (χ2v) is 5.94. The lowest BCUT2D eigenvalue weighted by Gasteiger charge is -2.08. The topological polar surface area (TPSA) is 55.4 Å². The molecule has 1 N–H and O–H groups in total. The van der Waals surface area contributed by atoms with Crippen LogP contribution < -0.4 is 5.32 Å². The minimum atomic E-state index is -0.559. The largest absolute Gasteiger partial charge is 0.465 e. The first kappa shape index (κ1) is 16.2. The van der Waals surface area contributed by atoms with E-state index in [9.17, 15) is 14.0 Å². The van der Waals surface area contributed by atoms with E-state index in [2.05, 4.69) is 5.32 Å². The fourth-order valence-electron chi connectivity index (χ4n) is 2.13. The van der Waals surface area contributed by atoms with Gasteiger partial charge >= 0.3 is 5.97 Å². The molecule has 0 unspecified atom stereocenters. The highest BCUT2D eigenvalue weighted by molar-refractivity contribution is 7.18. The van der Waals surface area contributed by atoms with Crippen molar-refractivity contribution in [3.63, 3.8) is 0 Å². The van der Waals surface area contributed by atoms with E-state index >= 15 is 0 Å². The van der Waals surface area contributed by atoms with Crippen molar-refractivity contribution >= 4 is 33.8 Å². The van der Waals surface area contributed by atoms with E-state index < -0.39 is 11.8 Å². The summed E-state index contributed by atoms with van der Waals surface area (Å²) in [6.07, 6.45) is 0. The van der Waals surface area contributed by atoms with Crippen LogP contribution in [0.4, 0.5) is 15.1 Å². The lowest BCUT2D eigenvalue weighted by molar-refractivity contribution is 0.0601. The SMILES string of the molecule is COC(=O)c1c(Nc2ccc(C)cc2F)sc(C(C)=O)c1C.